The Morgan fingerprint density at radius 1 is 1.00 bits per heavy atom. The van der Waals surface area contributed by atoms with Gasteiger partial charge in [-0.3, -0.25) is 4.79 Å². The summed E-state index contributed by atoms with van der Waals surface area (Å²) in [6, 6.07) is 6.78. The van der Waals surface area contributed by atoms with Crippen LogP contribution >= 0.6 is 0 Å². The van der Waals surface area contributed by atoms with E-state index in [1.165, 1.54) is 43.5 Å². The fraction of sp³-hybridized carbons (Fsp3) is 0.682. The molecule has 4 bridgehead atoms. The summed E-state index contributed by atoms with van der Waals surface area (Å²) in [7, 11) is -4.71. The second kappa shape index (κ2) is 7.64. The molecule has 7 heteroatoms. The molecule has 0 heterocycles. The van der Waals surface area contributed by atoms with E-state index in [1.54, 1.807) is 6.07 Å². The van der Waals surface area contributed by atoms with Gasteiger partial charge in [-0.25, -0.2) is 8.42 Å². The second-order valence-electron chi connectivity index (χ2n) is 9.24. The van der Waals surface area contributed by atoms with Crippen LogP contribution in [0.1, 0.15) is 57.8 Å². The van der Waals surface area contributed by atoms with Gasteiger partial charge in [0.05, 0.1) is 16.9 Å². The molecular weight excluding hydrogens is 398 g/mol. The van der Waals surface area contributed by atoms with Crippen LogP contribution < -0.4 is 0 Å². The third-order valence-electron chi connectivity index (χ3n) is 7.01. The third-order valence-corrected chi connectivity index (χ3v) is 8.90. The molecule has 0 spiro atoms. The highest BCUT2D eigenvalue weighted by Crippen LogP contribution is 2.60. The predicted octanol–water partition coefficient (Wildman–Crippen LogP) is 4.98. The number of carbonyl (C=O) groups is 1. The number of esters is 1. The third kappa shape index (κ3) is 3.94. The Labute approximate surface area is 170 Å². The molecule has 0 aliphatic heterocycles. The minimum atomic E-state index is -4.71. The molecule has 0 amide bonds. The summed E-state index contributed by atoms with van der Waals surface area (Å²) in [5.41, 5.74) is -0.352. The SMILES string of the molecule is O=C(OCCCCC(F)(F)S(=O)(=O)c1ccccc1)C12CC3CC(CC(C3)C1)C2. The zero-order chi connectivity index (χ0) is 20.7. The van der Waals surface area contributed by atoms with E-state index < -0.39 is 21.5 Å². The number of benzene rings is 1. The number of ether oxygens (including phenoxy) is 1. The van der Waals surface area contributed by atoms with E-state index in [-0.39, 0.29) is 35.7 Å². The van der Waals surface area contributed by atoms with Crippen molar-refractivity contribution in [2.45, 2.75) is 67.9 Å². The van der Waals surface area contributed by atoms with Gasteiger partial charge in [0.2, 0.25) is 9.84 Å². The monoisotopic (exact) mass is 426 g/mol. The number of hydrogen-bond donors (Lipinski definition) is 0. The van der Waals surface area contributed by atoms with Crippen LogP contribution in [-0.4, -0.2) is 26.2 Å². The van der Waals surface area contributed by atoms with E-state index in [0.717, 1.165) is 19.3 Å². The van der Waals surface area contributed by atoms with Crippen LogP contribution in [0.2, 0.25) is 0 Å². The molecule has 1 aromatic rings. The molecule has 0 unspecified atom stereocenters. The first-order chi connectivity index (χ1) is 13.7. The summed E-state index contributed by atoms with van der Waals surface area (Å²) in [4.78, 5) is 12.4. The Kier molecular flexibility index (Phi) is 5.47. The molecule has 4 fully saturated rings. The highest BCUT2D eigenvalue weighted by Gasteiger charge is 2.55. The van der Waals surface area contributed by atoms with Crippen molar-refractivity contribution < 1.29 is 26.7 Å². The lowest BCUT2D eigenvalue weighted by Crippen LogP contribution is -2.50. The fourth-order valence-electron chi connectivity index (χ4n) is 6.02. The maximum absolute atomic E-state index is 14.3. The number of unbranched alkanes of at least 4 members (excludes halogenated alkanes) is 1. The van der Waals surface area contributed by atoms with E-state index in [1.807, 2.05) is 0 Å². The van der Waals surface area contributed by atoms with E-state index in [4.69, 9.17) is 4.74 Å². The summed E-state index contributed by atoms with van der Waals surface area (Å²) in [6.45, 7) is 0.0715. The number of carbonyl (C=O) groups excluding carboxylic acids is 1. The minimum absolute atomic E-state index is 0.0206. The standard InChI is InChI=1S/C22H28F2O4S/c23-22(24,29(26,27)19-6-2-1-3-7-19)8-4-5-9-28-20(25)21-13-16-10-17(14-21)12-18(11-16)15-21/h1-3,6-7,16-18H,4-5,8-15H2. The van der Waals surface area contributed by atoms with E-state index >= 15 is 0 Å². The molecule has 5 rings (SSSR count). The average molecular weight is 427 g/mol. The van der Waals surface area contributed by atoms with Crippen molar-refractivity contribution in [3.63, 3.8) is 0 Å². The van der Waals surface area contributed by atoms with Crippen LogP contribution in [-0.2, 0) is 19.4 Å². The second-order valence-corrected chi connectivity index (χ2v) is 11.3. The topological polar surface area (TPSA) is 60.4 Å². The van der Waals surface area contributed by atoms with Gasteiger partial charge in [-0.2, -0.15) is 8.78 Å². The average Bonchev–Trinajstić information content (AvgIpc) is 2.67. The Hall–Kier alpha value is -1.50. The van der Waals surface area contributed by atoms with Crippen LogP contribution in [0.25, 0.3) is 0 Å². The number of alkyl halides is 2. The van der Waals surface area contributed by atoms with Gasteiger partial charge in [0.1, 0.15) is 0 Å². The van der Waals surface area contributed by atoms with Crippen molar-refractivity contribution in [2.75, 3.05) is 6.61 Å². The first kappa shape index (κ1) is 20.8. The van der Waals surface area contributed by atoms with Crippen LogP contribution in [0, 0.1) is 23.2 Å². The molecule has 0 aromatic heterocycles. The van der Waals surface area contributed by atoms with Gasteiger partial charge in [-0.1, -0.05) is 18.2 Å². The van der Waals surface area contributed by atoms with Crippen molar-refractivity contribution in [1.82, 2.24) is 0 Å². The maximum atomic E-state index is 14.3. The van der Waals surface area contributed by atoms with Gasteiger partial charge in [0.15, 0.2) is 0 Å². The van der Waals surface area contributed by atoms with Gasteiger partial charge in [0.25, 0.3) is 0 Å². The van der Waals surface area contributed by atoms with Gasteiger partial charge < -0.3 is 4.74 Å². The summed E-state index contributed by atoms with van der Waals surface area (Å²) in [5.74, 6) is 1.74. The fourth-order valence-corrected chi connectivity index (χ4v) is 7.29. The van der Waals surface area contributed by atoms with Crippen molar-refractivity contribution in [2.24, 2.45) is 23.2 Å². The van der Waals surface area contributed by atoms with Crippen molar-refractivity contribution in [3.8, 4) is 0 Å². The molecule has 0 N–H and O–H groups in total. The zero-order valence-electron chi connectivity index (χ0n) is 16.5. The molecular formula is C22H28F2O4S. The summed E-state index contributed by atoms with van der Waals surface area (Å²) >= 11 is 0. The summed E-state index contributed by atoms with van der Waals surface area (Å²) in [5, 5.41) is -3.84. The Balaban J connectivity index is 1.25. The smallest absolute Gasteiger partial charge is 0.350 e. The lowest BCUT2D eigenvalue weighted by molar-refractivity contribution is -0.171. The first-order valence-corrected chi connectivity index (χ1v) is 12.0. The van der Waals surface area contributed by atoms with Crippen molar-refractivity contribution >= 4 is 15.8 Å². The molecule has 4 aliphatic rings. The molecule has 4 nitrogen and oxygen atoms in total. The van der Waals surface area contributed by atoms with Gasteiger partial charge >= 0.3 is 11.2 Å². The lowest BCUT2D eigenvalue weighted by Gasteiger charge is -2.55. The van der Waals surface area contributed by atoms with E-state index in [2.05, 4.69) is 0 Å². The molecule has 4 aliphatic carbocycles. The number of sulfone groups is 1. The molecule has 4 saturated carbocycles. The van der Waals surface area contributed by atoms with Gasteiger partial charge in [0, 0.05) is 6.42 Å². The number of rotatable bonds is 8. The molecule has 29 heavy (non-hydrogen) atoms. The van der Waals surface area contributed by atoms with Crippen molar-refractivity contribution in [3.05, 3.63) is 30.3 Å². The number of hydrogen-bond acceptors (Lipinski definition) is 4. The summed E-state index contributed by atoms with van der Waals surface area (Å²) in [6.07, 6.45) is 5.86. The Morgan fingerprint density at radius 3 is 2.10 bits per heavy atom. The van der Waals surface area contributed by atoms with Crippen LogP contribution in [0.15, 0.2) is 35.2 Å². The summed E-state index contributed by atoms with van der Waals surface area (Å²) < 4.78 is 58.3. The normalized spacial score (nSPS) is 31.0. The van der Waals surface area contributed by atoms with Crippen molar-refractivity contribution in [1.29, 1.82) is 0 Å². The lowest BCUT2D eigenvalue weighted by atomic mass is 9.49. The highest BCUT2D eigenvalue weighted by molar-refractivity contribution is 7.92. The largest absolute Gasteiger partial charge is 0.465 e. The predicted molar refractivity (Wildman–Crippen MR) is 104 cm³/mol. The quantitative estimate of drug-likeness (QED) is 0.434. The number of halogens is 2. The molecule has 1 aromatic carbocycles. The molecule has 0 atom stereocenters. The first-order valence-electron chi connectivity index (χ1n) is 10.6. The van der Waals surface area contributed by atoms with Crippen LogP contribution in [0.4, 0.5) is 8.78 Å². The van der Waals surface area contributed by atoms with E-state index in [9.17, 15) is 22.0 Å². The highest BCUT2D eigenvalue weighted by atomic mass is 32.2. The maximum Gasteiger partial charge on any atom is 0.350 e. The Bertz CT molecular complexity index is 816. The van der Waals surface area contributed by atoms with E-state index in [0.29, 0.717) is 17.8 Å². The van der Waals surface area contributed by atoms with Gasteiger partial charge in [-0.15, -0.1) is 0 Å². The van der Waals surface area contributed by atoms with Crippen LogP contribution in [0.3, 0.4) is 0 Å². The molecule has 0 saturated heterocycles. The Morgan fingerprint density at radius 2 is 1.55 bits per heavy atom. The minimum Gasteiger partial charge on any atom is -0.465 e. The molecule has 0 radical (unpaired) electrons. The molecule has 160 valence electrons. The zero-order valence-corrected chi connectivity index (χ0v) is 17.3. The van der Waals surface area contributed by atoms with Gasteiger partial charge in [-0.05, 0) is 81.3 Å². The van der Waals surface area contributed by atoms with Crippen LogP contribution in [0.5, 0.6) is 0 Å².